The van der Waals surface area contributed by atoms with Crippen molar-refractivity contribution < 1.29 is 9.42 Å². The fourth-order valence-electron chi connectivity index (χ4n) is 2.03. The minimum absolute atomic E-state index is 0.181. The van der Waals surface area contributed by atoms with Crippen LogP contribution in [0.3, 0.4) is 0 Å². The van der Waals surface area contributed by atoms with Crippen molar-refractivity contribution in [3.63, 3.8) is 0 Å². The third-order valence-corrected chi connectivity index (χ3v) is 3.27. The molecule has 0 atom stereocenters. The maximum absolute atomic E-state index is 12.3. The molecule has 114 valence electrons. The Bertz CT molecular complexity index is 821. The topological polar surface area (TPSA) is 111 Å². The van der Waals surface area contributed by atoms with Gasteiger partial charge in [0.05, 0.1) is 12.2 Å². The Hall–Kier alpha value is -2.84. The van der Waals surface area contributed by atoms with Crippen LogP contribution in [0.5, 0.6) is 0 Å². The van der Waals surface area contributed by atoms with E-state index in [9.17, 15) is 4.79 Å². The molecule has 0 bridgehead atoms. The number of rotatable bonds is 4. The Morgan fingerprint density at radius 2 is 2.23 bits per heavy atom. The molecule has 3 rings (SSSR count). The monoisotopic (exact) mass is 301 g/mol. The van der Waals surface area contributed by atoms with E-state index >= 15 is 0 Å². The molecular weight excluding hydrogens is 286 g/mol. The first-order chi connectivity index (χ1) is 10.6. The van der Waals surface area contributed by atoms with Gasteiger partial charge in [0.1, 0.15) is 23.4 Å². The third-order valence-electron chi connectivity index (χ3n) is 3.27. The Balaban J connectivity index is 1.86. The molecule has 0 unspecified atom stereocenters. The van der Waals surface area contributed by atoms with E-state index in [4.69, 9.17) is 0 Å². The maximum atomic E-state index is 12.3. The average Bonchev–Trinajstić information content (AvgIpc) is 3.11. The molecule has 22 heavy (non-hydrogen) atoms. The molecule has 0 aliphatic carbocycles. The van der Waals surface area contributed by atoms with Crippen LogP contribution in [0.1, 0.15) is 47.3 Å². The number of amides is 1. The molecule has 0 saturated heterocycles. The zero-order valence-electron chi connectivity index (χ0n) is 12.4. The van der Waals surface area contributed by atoms with E-state index in [1.54, 1.807) is 17.5 Å². The zero-order chi connectivity index (χ0) is 15.7. The van der Waals surface area contributed by atoms with Crippen LogP contribution in [0.2, 0.25) is 0 Å². The first kappa shape index (κ1) is 14.1. The van der Waals surface area contributed by atoms with Gasteiger partial charge in [-0.2, -0.15) is 10.1 Å². The first-order valence-corrected chi connectivity index (χ1v) is 6.83. The third kappa shape index (κ3) is 2.52. The molecule has 3 heterocycles. The first-order valence-electron chi connectivity index (χ1n) is 6.83. The van der Waals surface area contributed by atoms with E-state index in [0.717, 1.165) is 5.69 Å². The summed E-state index contributed by atoms with van der Waals surface area (Å²) < 4.78 is 6.22. The molecule has 1 amide bonds. The van der Waals surface area contributed by atoms with Crippen LogP contribution >= 0.6 is 0 Å². The molecule has 0 aliphatic heterocycles. The van der Waals surface area contributed by atoms with Gasteiger partial charge in [-0.1, -0.05) is 24.2 Å². The Labute approximate surface area is 125 Å². The highest BCUT2D eigenvalue weighted by molar-refractivity contribution is 5.92. The number of nitrogens with one attached hydrogen (secondary N) is 1. The lowest BCUT2D eigenvalue weighted by Gasteiger charge is -2.09. The molecule has 0 aromatic carbocycles. The van der Waals surface area contributed by atoms with E-state index in [2.05, 4.69) is 35.3 Å². The number of fused-ring (bicyclic) bond motifs is 1. The summed E-state index contributed by atoms with van der Waals surface area (Å²) in [6.45, 7) is 6.02. The zero-order valence-corrected chi connectivity index (χ0v) is 12.4. The van der Waals surface area contributed by atoms with Crippen molar-refractivity contribution in [1.29, 1.82) is 0 Å². The van der Waals surface area contributed by atoms with Gasteiger partial charge in [0.15, 0.2) is 0 Å². The van der Waals surface area contributed by atoms with E-state index < -0.39 is 0 Å². The number of hydrogen-bond donors (Lipinski definition) is 1. The van der Waals surface area contributed by atoms with Crippen molar-refractivity contribution in [3.8, 4) is 0 Å². The highest BCUT2D eigenvalue weighted by atomic mass is 16.6. The van der Waals surface area contributed by atoms with Crippen LogP contribution in [0.4, 0.5) is 0 Å². The molecular formula is C13H15N7O2. The summed E-state index contributed by atoms with van der Waals surface area (Å²) in [5.41, 5.74) is 2.38. The van der Waals surface area contributed by atoms with Gasteiger partial charge in [0, 0.05) is 0 Å². The number of carbonyl (C=O) groups excluding carboxylic acids is 1. The van der Waals surface area contributed by atoms with Crippen molar-refractivity contribution in [1.82, 2.24) is 35.2 Å². The number of aryl methyl sites for hydroxylation is 1. The Morgan fingerprint density at radius 3 is 2.91 bits per heavy atom. The minimum atomic E-state index is -0.310. The molecule has 3 aromatic heterocycles. The van der Waals surface area contributed by atoms with Crippen LogP contribution in [0, 0.1) is 6.92 Å². The van der Waals surface area contributed by atoms with Crippen molar-refractivity contribution >= 4 is 11.7 Å². The summed E-state index contributed by atoms with van der Waals surface area (Å²) in [5, 5.41) is 14.2. The summed E-state index contributed by atoms with van der Waals surface area (Å²) in [5.74, 6) is 0.270. The SMILES string of the molecule is Cc1nonc1CNC(=O)c1cc(C(C)C)n2ncnc2n1. The van der Waals surface area contributed by atoms with Gasteiger partial charge in [-0.15, -0.1) is 0 Å². The van der Waals surface area contributed by atoms with E-state index in [1.807, 2.05) is 13.8 Å². The highest BCUT2D eigenvalue weighted by Crippen LogP contribution is 2.15. The highest BCUT2D eigenvalue weighted by Gasteiger charge is 2.16. The summed E-state index contributed by atoms with van der Waals surface area (Å²) in [6.07, 6.45) is 1.42. The van der Waals surface area contributed by atoms with Gasteiger partial charge in [0.25, 0.3) is 11.7 Å². The lowest BCUT2D eigenvalue weighted by molar-refractivity contribution is 0.0945. The molecule has 9 heteroatoms. The normalized spacial score (nSPS) is 11.3. The van der Waals surface area contributed by atoms with Gasteiger partial charge >= 0.3 is 0 Å². The summed E-state index contributed by atoms with van der Waals surface area (Å²) in [4.78, 5) is 20.6. The second-order valence-corrected chi connectivity index (χ2v) is 5.17. The summed E-state index contributed by atoms with van der Waals surface area (Å²) in [7, 11) is 0. The number of carbonyl (C=O) groups is 1. The van der Waals surface area contributed by atoms with Crippen LogP contribution in [-0.2, 0) is 6.54 Å². The largest absolute Gasteiger partial charge is 0.345 e. The lowest BCUT2D eigenvalue weighted by atomic mass is 10.1. The maximum Gasteiger partial charge on any atom is 0.270 e. The number of hydrogen-bond acceptors (Lipinski definition) is 7. The predicted molar refractivity (Wildman–Crippen MR) is 75.1 cm³/mol. The summed E-state index contributed by atoms with van der Waals surface area (Å²) in [6, 6.07) is 1.72. The lowest BCUT2D eigenvalue weighted by Crippen LogP contribution is -2.25. The van der Waals surface area contributed by atoms with Crippen LogP contribution < -0.4 is 5.32 Å². The van der Waals surface area contributed by atoms with Gasteiger partial charge in [-0.3, -0.25) is 4.79 Å². The second kappa shape index (κ2) is 5.51. The standard InChI is InChI=1S/C13H15N7O2/c1-7(2)11-4-9(17-13-15-6-16-20(11)13)12(21)14-5-10-8(3)18-22-19-10/h4,6-7H,5H2,1-3H3,(H,14,21). The molecule has 0 aliphatic rings. The quantitative estimate of drug-likeness (QED) is 0.761. The van der Waals surface area contributed by atoms with E-state index in [0.29, 0.717) is 22.9 Å². The van der Waals surface area contributed by atoms with E-state index in [-0.39, 0.29) is 18.4 Å². The van der Waals surface area contributed by atoms with Gasteiger partial charge in [-0.05, 0) is 18.9 Å². The molecule has 0 saturated carbocycles. The summed E-state index contributed by atoms with van der Waals surface area (Å²) >= 11 is 0. The van der Waals surface area contributed by atoms with Crippen molar-refractivity contribution in [3.05, 3.63) is 35.2 Å². The van der Waals surface area contributed by atoms with Gasteiger partial charge in [-0.25, -0.2) is 14.1 Å². The Kier molecular flexibility index (Phi) is 3.53. The molecule has 0 fully saturated rings. The van der Waals surface area contributed by atoms with Gasteiger partial charge < -0.3 is 5.32 Å². The predicted octanol–water partition coefficient (Wildman–Crippen LogP) is 0.869. The molecule has 0 spiro atoms. The van der Waals surface area contributed by atoms with Gasteiger partial charge in [0.2, 0.25) is 0 Å². The van der Waals surface area contributed by atoms with Crippen LogP contribution in [0.25, 0.3) is 5.78 Å². The number of aromatic nitrogens is 6. The Morgan fingerprint density at radius 1 is 1.41 bits per heavy atom. The van der Waals surface area contributed by atoms with Crippen molar-refractivity contribution in [2.24, 2.45) is 0 Å². The average molecular weight is 301 g/mol. The van der Waals surface area contributed by atoms with Crippen molar-refractivity contribution in [2.75, 3.05) is 0 Å². The molecule has 1 N–H and O–H groups in total. The fraction of sp³-hybridized carbons (Fsp3) is 0.385. The fourth-order valence-corrected chi connectivity index (χ4v) is 2.03. The smallest absolute Gasteiger partial charge is 0.270 e. The van der Waals surface area contributed by atoms with Crippen LogP contribution in [-0.4, -0.2) is 35.8 Å². The molecule has 0 radical (unpaired) electrons. The molecule has 3 aromatic rings. The van der Waals surface area contributed by atoms with Crippen molar-refractivity contribution in [2.45, 2.75) is 33.2 Å². The second-order valence-electron chi connectivity index (χ2n) is 5.17. The van der Waals surface area contributed by atoms with E-state index in [1.165, 1.54) is 6.33 Å². The van der Waals surface area contributed by atoms with Crippen LogP contribution in [0.15, 0.2) is 17.0 Å². The number of nitrogens with zero attached hydrogens (tertiary/aromatic N) is 6. The minimum Gasteiger partial charge on any atom is -0.345 e. The molecule has 9 nitrogen and oxygen atoms in total.